The third-order valence-electron chi connectivity index (χ3n) is 2.97. The van der Waals surface area contributed by atoms with Crippen LogP contribution in [0.1, 0.15) is 0 Å². The molecule has 5 N–H and O–H groups in total. The van der Waals surface area contributed by atoms with Crippen molar-refractivity contribution in [3.63, 3.8) is 0 Å². The molecule has 0 aromatic rings. The Labute approximate surface area is 192 Å². The highest BCUT2D eigenvalue weighted by atomic mass is 28.5. The van der Waals surface area contributed by atoms with Crippen molar-refractivity contribution in [1.82, 2.24) is 23.2 Å². The highest BCUT2D eigenvalue weighted by Crippen LogP contribution is 2.15. The van der Waals surface area contributed by atoms with E-state index < -0.39 is 70.1 Å². The fourth-order valence-corrected chi connectivity index (χ4v) is 32.4. The van der Waals surface area contributed by atoms with Crippen LogP contribution in [0.15, 0.2) is 0 Å². The summed E-state index contributed by atoms with van der Waals surface area (Å²) in [5.74, 6) is 0. The Balaban J connectivity index is 6.46. The van der Waals surface area contributed by atoms with Crippen LogP contribution in [-0.2, 0) is 8.23 Å². The van der Waals surface area contributed by atoms with Gasteiger partial charge in [0.15, 0.2) is 16.6 Å². The summed E-state index contributed by atoms with van der Waals surface area (Å²) >= 11 is 0. The van der Waals surface area contributed by atoms with Gasteiger partial charge in [-0.3, -0.25) is 4.65 Å². The smallest absolute Gasteiger partial charge is 0.412 e. The van der Waals surface area contributed by atoms with E-state index in [2.05, 4.69) is 115 Å². The van der Waals surface area contributed by atoms with Crippen LogP contribution in [-0.4, -0.2) is 70.1 Å². The lowest BCUT2D eigenvalue weighted by Gasteiger charge is -2.48. The highest BCUT2D eigenvalue weighted by Gasteiger charge is 2.53. The first-order valence-electron chi connectivity index (χ1n) is 10.3. The molecule has 0 saturated heterocycles. The van der Waals surface area contributed by atoms with Gasteiger partial charge in [0.2, 0.25) is 0 Å². The summed E-state index contributed by atoms with van der Waals surface area (Å²) in [6.45, 7) is 32.1. The molecule has 0 saturated carbocycles. The van der Waals surface area contributed by atoms with Crippen LogP contribution in [0.4, 0.5) is 0 Å². The maximum absolute atomic E-state index is 6.99. The van der Waals surface area contributed by atoms with Gasteiger partial charge in [-0.2, -0.15) is 0 Å². The number of rotatable bonds is 14. The zero-order chi connectivity index (χ0) is 23.3. The first kappa shape index (κ1) is 30.5. The predicted molar refractivity (Wildman–Crippen MR) is 146 cm³/mol. The van der Waals surface area contributed by atoms with E-state index in [0.29, 0.717) is 0 Å². The Morgan fingerprint density at radius 3 is 0.793 bits per heavy atom. The van der Waals surface area contributed by atoms with E-state index in [0.717, 1.165) is 0 Å². The third kappa shape index (κ3) is 14.3. The van der Waals surface area contributed by atoms with Crippen molar-refractivity contribution < 1.29 is 8.23 Å². The van der Waals surface area contributed by atoms with E-state index in [9.17, 15) is 0 Å². The predicted octanol–water partition coefficient (Wildman–Crippen LogP) is 2.51. The van der Waals surface area contributed by atoms with Crippen molar-refractivity contribution in [3.05, 3.63) is 0 Å². The van der Waals surface area contributed by atoms with Crippen molar-refractivity contribution >= 4 is 70.1 Å². The van der Waals surface area contributed by atoms with Gasteiger partial charge in [-0.15, -0.1) is 0 Å². The lowest BCUT2D eigenvalue weighted by atomic mass is 11.8. The first-order valence-corrected chi connectivity index (χ1v) is 30.9. The zero-order valence-electron chi connectivity index (χ0n) is 21.3. The molecule has 0 fully saturated rings. The Bertz CT molecular complexity index is 424. The number of nitrogens with one attached hydrogen (secondary N) is 5. The van der Waals surface area contributed by atoms with Gasteiger partial charge in [0.1, 0.15) is 35.8 Å². The second-order valence-corrected chi connectivity index (χ2v) is 36.2. The molecule has 172 valence electrons. The molecule has 0 unspecified atom stereocenters. The van der Waals surface area contributed by atoms with Gasteiger partial charge in [-0.1, -0.05) is 52.4 Å². The molecule has 15 heteroatoms. The summed E-state index contributed by atoms with van der Waals surface area (Å²) < 4.78 is 33.8. The van der Waals surface area contributed by atoms with Gasteiger partial charge in [-0.05, 0) is 39.3 Å². The quantitative estimate of drug-likeness (QED) is 0.216. The van der Waals surface area contributed by atoms with Gasteiger partial charge >= 0.3 is 17.6 Å². The Hall–Kier alpha value is 1.46. The topological polar surface area (TPSA) is 78.6 Å². The van der Waals surface area contributed by atoms with Crippen LogP contribution < -0.4 is 23.2 Å². The fraction of sp³-hybridized carbons (Fsp3) is 1.00. The molecule has 0 bridgehead atoms. The highest BCUT2D eigenvalue weighted by molar-refractivity contribution is 7.00. The molecule has 0 aliphatic carbocycles. The second-order valence-electron chi connectivity index (χ2n) is 10.4. The molecule has 0 aliphatic rings. The maximum atomic E-state index is 6.99. The van der Waals surface area contributed by atoms with Gasteiger partial charge in [0, 0.05) is 0 Å². The van der Waals surface area contributed by atoms with E-state index in [1.807, 2.05) is 0 Å². The molecule has 0 aromatic heterocycles. The molecule has 4 radical (unpaired) electrons. The molecule has 0 amide bonds. The van der Waals surface area contributed by atoms with Crippen LogP contribution in [0.25, 0.3) is 0 Å². The van der Waals surface area contributed by atoms with Gasteiger partial charge in [-0.25, -0.2) is 0 Å². The average Bonchev–Trinajstić information content (AvgIpc) is 2.27. The molecule has 0 heterocycles. The van der Waals surface area contributed by atoms with Gasteiger partial charge in [0.05, 0.1) is 0 Å². The summed E-state index contributed by atoms with van der Waals surface area (Å²) in [6.07, 6.45) is 0. The SMILES string of the molecule is C[Si](C)N[Si](N[Si](C)C)(N[Si](N[Si](C)C)(N[Si](C)C)O[Si](C)(C)C)O[Si](C)(C)C. The lowest BCUT2D eigenvalue weighted by Crippen LogP contribution is -2.92. The Morgan fingerprint density at radius 2 is 0.655 bits per heavy atom. The summed E-state index contributed by atoms with van der Waals surface area (Å²) in [6, 6.07) is 0. The van der Waals surface area contributed by atoms with E-state index in [4.69, 9.17) is 8.23 Å². The molecule has 29 heavy (non-hydrogen) atoms. The molecular weight excluding hydrogens is 495 g/mol. The molecule has 7 nitrogen and oxygen atoms in total. The summed E-state index contributed by atoms with van der Waals surface area (Å²) in [4.78, 5) is 0. The standard InChI is InChI=1S/C14H47N5O2Si8/c1-22(2)15-28(16-23(3)4,20-26(9,10)11)19-29(17-24(5)6,18-25(7)8)21-27(12,13)14/h15-19H,1-14H3. The Morgan fingerprint density at radius 1 is 0.448 bits per heavy atom. The normalized spacial score (nSPS) is 14.7. The van der Waals surface area contributed by atoms with Gasteiger partial charge < -0.3 is 26.8 Å². The summed E-state index contributed by atoms with van der Waals surface area (Å²) in [7, 11) is -11.9. The minimum Gasteiger partial charge on any atom is -0.423 e. The number of hydrogen-bond acceptors (Lipinski definition) is 7. The van der Waals surface area contributed by atoms with E-state index in [1.165, 1.54) is 0 Å². The van der Waals surface area contributed by atoms with E-state index in [1.54, 1.807) is 0 Å². The van der Waals surface area contributed by atoms with E-state index >= 15 is 0 Å². The van der Waals surface area contributed by atoms with Gasteiger partial charge in [0.25, 0.3) is 0 Å². The molecule has 0 aromatic carbocycles. The van der Waals surface area contributed by atoms with Crippen molar-refractivity contribution in [1.29, 1.82) is 0 Å². The lowest BCUT2D eigenvalue weighted by molar-refractivity contribution is 0.472. The fourth-order valence-electron chi connectivity index (χ4n) is 2.92. The molecule has 0 spiro atoms. The molecule has 0 atom stereocenters. The monoisotopic (exact) mass is 541 g/mol. The minimum atomic E-state index is -2.66. The van der Waals surface area contributed by atoms with Crippen LogP contribution in [0.5, 0.6) is 0 Å². The molecule has 0 aliphatic heterocycles. The van der Waals surface area contributed by atoms with Crippen molar-refractivity contribution in [2.24, 2.45) is 0 Å². The first-order chi connectivity index (χ1) is 12.8. The van der Waals surface area contributed by atoms with Crippen LogP contribution in [0, 0.1) is 0 Å². The Kier molecular flexibility index (Phi) is 12.7. The average molecular weight is 542 g/mol. The molecule has 0 rings (SSSR count). The maximum Gasteiger partial charge on any atom is 0.412 e. The van der Waals surface area contributed by atoms with Crippen molar-refractivity contribution in [3.8, 4) is 0 Å². The number of hydrogen-bond donors (Lipinski definition) is 5. The summed E-state index contributed by atoms with van der Waals surface area (Å²) in [5, 5.41) is 0. The van der Waals surface area contributed by atoms with Crippen LogP contribution >= 0.6 is 0 Å². The minimum absolute atomic E-state index is 0.739. The van der Waals surface area contributed by atoms with Crippen molar-refractivity contribution in [2.45, 2.75) is 91.7 Å². The third-order valence-corrected chi connectivity index (χ3v) is 26.8. The van der Waals surface area contributed by atoms with Crippen LogP contribution in [0.2, 0.25) is 91.7 Å². The largest absolute Gasteiger partial charge is 0.423 e. The van der Waals surface area contributed by atoms with E-state index in [-0.39, 0.29) is 0 Å². The zero-order valence-corrected chi connectivity index (χ0v) is 29.3. The molecular formula is C14H47N5O2Si8. The van der Waals surface area contributed by atoms with Crippen molar-refractivity contribution in [2.75, 3.05) is 0 Å². The second kappa shape index (κ2) is 12.1. The van der Waals surface area contributed by atoms with Crippen LogP contribution in [0.3, 0.4) is 0 Å². The summed E-state index contributed by atoms with van der Waals surface area (Å²) in [5.41, 5.74) is 0.